The molecule has 0 spiro atoms. The fourth-order valence-electron chi connectivity index (χ4n) is 3.27. The Kier molecular flexibility index (Phi) is 5.30. The Morgan fingerprint density at radius 1 is 1.25 bits per heavy atom. The molecule has 110 valence electrons. The van der Waals surface area contributed by atoms with E-state index in [2.05, 4.69) is 16.7 Å². The molecule has 1 heterocycles. The Morgan fingerprint density at radius 3 is 2.85 bits per heavy atom. The molecule has 1 aromatic carbocycles. The first-order valence-corrected chi connectivity index (χ1v) is 7.48. The van der Waals surface area contributed by atoms with E-state index < -0.39 is 0 Å². The summed E-state index contributed by atoms with van der Waals surface area (Å²) >= 11 is 0. The topological polar surface area (TPSA) is 41.1 Å². The molecule has 1 aromatic rings. The van der Waals surface area contributed by atoms with Crippen molar-refractivity contribution in [3.63, 3.8) is 0 Å². The van der Waals surface area contributed by atoms with E-state index in [1.165, 1.54) is 31.2 Å². The van der Waals surface area contributed by atoms with Crippen LogP contribution < -0.4 is 10.6 Å². The van der Waals surface area contributed by atoms with Crippen molar-refractivity contribution in [2.24, 2.45) is 5.92 Å². The number of carbonyl (C=O) groups excluding carboxylic acids is 1. The van der Waals surface area contributed by atoms with Crippen LogP contribution in [0.4, 0.5) is 5.69 Å². The molecule has 3 nitrogen and oxygen atoms in total. The summed E-state index contributed by atoms with van der Waals surface area (Å²) < 4.78 is 0. The number of hydrogen-bond acceptors (Lipinski definition) is 2. The molecular weight excluding hydrogens is 272 g/mol. The highest BCUT2D eigenvalue weighted by Gasteiger charge is 2.19. The van der Waals surface area contributed by atoms with Gasteiger partial charge in [-0.1, -0.05) is 18.9 Å². The molecule has 0 radical (unpaired) electrons. The molecule has 1 aliphatic heterocycles. The summed E-state index contributed by atoms with van der Waals surface area (Å²) in [6, 6.07) is 6.00. The van der Waals surface area contributed by atoms with Gasteiger partial charge < -0.3 is 10.6 Å². The summed E-state index contributed by atoms with van der Waals surface area (Å²) in [5.41, 5.74) is 3.19. The Hall–Kier alpha value is -1.22. The Balaban J connectivity index is 0.00000147. The fourth-order valence-corrected chi connectivity index (χ4v) is 3.27. The minimum absolute atomic E-state index is 0. The van der Waals surface area contributed by atoms with Crippen molar-refractivity contribution in [2.45, 2.75) is 38.5 Å². The zero-order chi connectivity index (χ0) is 13.1. The van der Waals surface area contributed by atoms with Gasteiger partial charge in [-0.2, -0.15) is 0 Å². The van der Waals surface area contributed by atoms with Gasteiger partial charge in [0.2, 0.25) is 0 Å². The third-order valence-corrected chi connectivity index (χ3v) is 4.37. The van der Waals surface area contributed by atoms with Crippen molar-refractivity contribution in [3.8, 4) is 0 Å². The van der Waals surface area contributed by atoms with Gasteiger partial charge in [0, 0.05) is 24.3 Å². The molecule has 1 saturated carbocycles. The monoisotopic (exact) mass is 294 g/mol. The third-order valence-electron chi connectivity index (χ3n) is 4.37. The largest absolute Gasteiger partial charge is 0.385 e. The van der Waals surface area contributed by atoms with Crippen LogP contribution in [0, 0.1) is 5.92 Å². The highest BCUT2D eigenvalue weighted by molar-refractivity contribution is 5.97. The van der Waals surface area contributed by atoms with Crippen LogP contribution in [-0.2, 0) is 6.42 Å². The number of benzene rings is 1. The first-order chi connectivity index (χ1) is 9.34. The van der Waals surface area contributed by atoms with Crippen LogP contribution in [-0.4, -0.2) is 19.0 Å². The molecule has 2 aliphatic rings. The van der Waals surface area contributed by atoms with Crippen LogP contribution >= 0.6 is 12.4 Å². The second kappa shape index (κ2) is 6.98. The number of nitrogens with one attached hydrogen (secondary N) is 2. The second-order valence-electron chi connectivity index (χ2n) is 5.72. The lowest BCUT2D eigenvalue weighted by atomic mass is 9.97. The van der Waals surface area contributed by atoms with E-state index in [9.17, 15) is 4.79 Å². The molecule has 1 amide bonds. The summed E-state index contributed by atoms with van der Waals surface area (Å²) in [4.78, 5) is 12.3. The van der Waals surface area contributed by atoms with Crippen LogP contribution in [0.5, 0.6) is 0 Å². The lowest BCUT2D eigenvalue weighted by molar-refractivity contribution is 0.0946. The zero-order valence-electron chi connectivity index (χ0n) is 11.8. The molecule has 20 heavy (non-hydrogen) atoms. The van der Waals surface area contributed by atoms with Crippen molar-refractivity contribution < 1.29 is 4.79 Å². The van der Waals surface area contributed by atoms with E-state index in [1.54, 1.807) is 0 Å². The average Bonchev–Trinajstić information content (AvgIpc) is 2.97. The Morgan fingerprint density at radius 2 is 2.05 bits per heavy atom. The molecule has 1 fully saturated rings. The first-order valence-electron chi connectivity index (χ1n) is 7.48. The smallest absolute Gasteiger partial charge is 0.251 e. The lowest BCUT2D eigenvalue weighted by Crippen LogP contribution is -2.30. The normalized spacial score (nSPS) is 17.8. The summed E-state index contributed by atoms with van der Waals surface area (Å²) in [5, 5.41) is 6.50. The zero-order valence-corrected chi connectivity index (χ0v) is 12.6. The van der Waals surface area contributed by atoms with Crippen LogP contribution in [0.25, 0.3) is 0 Å². The highest BCUT2D eigenvalue weighted by atomic mass is 35.5. The molecule has 4 heteroatoms. The SMILES string of the molecule is Cl.O=C(NCC1CCCC1)c1cccc2c1CCCN2. The van der Waals surface area contributed by atoms with Crippen LogP contribution in [0.3, 0.4) is 0 Å². The van der Waals surface area contributed by atoms with Crippen LogP contribution in [0.15, 0.2) is 18.2 Å². The molecule has 0 bridgehead atoms. The standard InChI is InChI=1S/C16H22N2O.ClH/c19-16(18-11-12-5-1-2-6-12)14-7-3-9-15-13(14)8-4-10-17-15;/h3,7,9,12,17H,1-2,4-6,8,10-11H2,(H,18,19);1H. The number of halogens is 1. The summed E-state index contributed by atoms with van der Waals surface area (Å²) in [6.45, 7) is 1.86. The number of anilines is 1. The van der Waals surface area contributed by atoms with E-state index in [-0.39, 0.29) is 18.3 Å². The number of rotatable bonds is 3. The van der Waals surface area contributed by atoms with Gasteiger partial charge in [0.05, 0.1) is 0 Å². The van der Waals surface area contributed by atoms with E-state index in [0.717, 1.165) is 37.2 Å². The van der Waals surface area contributed by atoms with Crippen molar-refractivity contribution in [3.05, 3.63) is 29.3 Å². The van der Waals surface area contributed by atoms with E-state index in [1.807, 2.05) is 12.1 Å². The van der Waals surface area contributed by atoms with Gasteiger partial charge >= 0.3 is 0 Å². The van der Waals surface area contributed by atoms with Gasteiger partial charge in [-0.25, -0.2) is 0 Å². The van der Waals surface area contributed by atoms with Crippen molar-refractivity contribution in [1.82, 2.24) is 5.32 Å². The molecule has 0 unspecified atom stereocenters. The van der Waals surface area contributed by atoms with Gasteiger partial charge in [0.1, 0.15) is 0 Å². The number of fused-ring (bicyclic) bond motifs is 1. The maximum absolute atomic E-state index is 12.3. The van der Waals surface area contributed by atoms with E-state index in [4.69, 9.17) is 0 Å². The van der Waals surface area contributed by atoms with Gasteiger partial charge in [0.25, 0.3) is 5.91 Å². The van der Waals surface area contributed by atoms with Crippen LogP contribution in [0.1, 0.15) is 48.0 Å². The molecule has 1 aliphatic carbocycles. The minimum atomic E-state index is 0. The molecule has 0 aromatic heterocycles. The van der Waals surface area contributed by atoms with E-state index >= 15 is 0 Å². The Labute approximate surface area is 126 Å². The molecule has 0 atom stereocenters. The highest BCUT2D eigenvalue weighted by Crippen LogP contribution is 2.26. The van der Waals surface area contributed by atoms with Gasteiger partial charge in [-0.05, 0) is 49.3 Å². The molecule has 2 N–H and O–H groups in total. The molecule has 3 rings (SSSR count). The molecular formula is C16H23ClN2O. The first kappa shape index (κ1) is 15.2. The summed E-state index contributed by atoms with van der Waals surface area (Å²) in [7, 11) is 0. The van der Waals surface area contributed by atoms with Gasteiger partial charge in [-0.15, -0.1) is 12.4 Å². The summed E-state index contributed by atoms with van der Waals surface area (Å²) in [5.74, 6) is 0.800. The van der Waals surface area contributed by atoms with Crippen LogP contribution in [0.2, 0.25) is 0 Å². The van der Waals surface area contributed by atoms with Crippen molar-refractivity contribution in [1.29, 1.82) is 0 Å². The second-order valence-corrected chi connectivity index (χ2v) is 5.72. The Bertz CT molecular complexity index is 470. The summed E-state index contributed by atoms with van der Waals surface area (Å²) in [6.07, 6.45) is 7.31. The predicted molar refractivity (Wildman–Crippen MR) is 84.8 cm³/mol. The third kappa shape index (κ3) is 3.26. The number of hydrogen-bond donors (Lipinski definition) is 2. The minimum Gasteiger partial charge on any atom is -0.385 e. The lowest BCUT2D eigenvalue weighted by Gasteiger charge is -2.21. The van der Waals surface area contributed by atoms with Crippen molar-refractivity contribution >= 4 is 24.0 Å². The van der Waals surface area contributed by atoms with Gasteiger partial charge in [0.15, 0.2) is 0 Å². The fraction of sp³-hybridized carbons (Fsp3) is 0.562. The van der Waals surface area contributed by atoms with Crippen molar-refractivity contribution in [2.75, 3.05) is 18.4 Å². The van der Waals surface area contributed by atoms with E-state index in [0.29, 0.717) is 5.92 Å². The maximum atomic E-state index is 12.3. The maximum Gasteiger partial charge on any atom is 0.251 e. The number of amides is 1. The predicted octanol–water partition coefficient (Wildman–Crippen LogP) is 3.39. The quantitative estimate of drug-likeness (QED) is 0.897. The number of carbonyl (C=O) groups is 1. The molecule has 0 saturated heterocycles. The van der Waals surface area contributed by atoms with Gasteiger partial charge in [-0.3, -0.25) is 4.79 Å². The average molecular weight is 295 g/mol.